The van der Waals surface area contributed by atoms with Gasteiger partial charge in [0.25, 0.3) is 5.91 Å². The lowest BCUT2D eigenvalue weighted by molar-refractivity contribution is -0.129. The van der Waals surface area contributed by atoms with Gasteiger partial charge in [-0.05, 0) is 36.6 Å². The first-order valence-electron chi connectivity index (χ1n) is 12.4. The van der Waals surface area contributed by atoms with Crippen LogP contribution >= 0.6 is 0 Å². The number of imide groups is 1. The summed E-state index contributed by atoms with van der Waals surface area (Å²) in [5.74, 6) is -1.29. The van der Waals surface area contributed by atoms with Crippen molar-refractivity contribution in [1.29, 1.82) is 0 Å². The van der Waals surface area contributed by atoms with Gasteiger partial charge in [-0.15, -0.1) is 0 Å². The van der Waals surface area contributed by atoms with Gasteiger partial charge in [0.05, 0.1) is 0 Å². The van der Waals surface area contributed by atoms with Crippen LogP contribution in [-0.2, 0) is 16.0 Å². The number of benzene rings is 2. The van der Waals surface area contributed by atoms with Gasteiger partial charge in [-0.1, -0.05) is 55.7 Å². The van der Waals surface area contributed by atoms with E-state index in [9.17, 15) is 19.2 Å². The molecule has 1 heterocycles. The average molecular weight is 508 g/mol. The Morgan fingerprint density at radius 1 is 0.865 bits per heavy atom. The fraction of sp³-hybridized carbons (Fsp3) is 0.333. The van der Waals surface area contributed by atoms with E-state index in [-0.39, 0.29) is 18.7 Å². The van der Waals surface area contributed by atoms with Crippen LogP contribution in [0.15, 0.2) is 60.8 Å². The van der Waals surface area contributed by atoms with Gasteiger partial charge < -0.3 is 15.6 Å². The highest BCUT2D eigenvalue weighted by atomic mass is 16.5. The van der Waals surface area contributed by atoms with Gasteiger partial charge in [-0.3, -0.25) is 24.9 Å². The van der Waals surface area contributed by atoms with Gasteiger partial charge in [0.1, 0.15) is 6.04 Å². The van der Waals surface area contributed by atoms with E-state index in [1.807, 2.05) is 30.5 Å². The van der Waals surface area contributed by atoms with E-state index in [0.29, 0.717) is 18.5 Å². The smallest absolute Gasteiger partial charge is 0.322 e. The number of urea groups is 1. The van der Waals surface area contributed by atoms with Crippen LogP contribution in [0.1, 0.15) is 54.4 Å². The minimum absolute atomic E-state index is 0.246. The number of amides is 5. The molecule has 0 radical (unpaired) electrons. The number of hydrogen-bond donors (Lipinski definition) is 6. The Labute approximate surface area is 215 Å². The number of carbonyl (C=O) groups is 4. The Morgan fingerprint density at radius 3 is 2.35 bits per heavy atom. The summed E-state index contributed by atoms with van der Waals surface area (Å²) in [6.07, 6.45) is 6.39. The molecular weight excluding hydrogens is 474 g/mol. The van der Waals surface area contributed by atoms with Crippen LogP contribution in [0, 0.1) is 0 Å². The van der Waals surface area contributed by atoms with E-state index < -0.39 is 23.9 Å². The Morgan fingerprint density at radius 2 is 1.57 bits per heavy atom. The fourth-order valence-electron chi connectivity index (χ4n) is 4.02. The second kappa shape index (κ2) is 14.4. The van der Waals surface area contributed by atoms with Gasteiger partial charge in [0.2, 0.25) is 11.8 Å². The number of rotatable bonds is 13. The van der Waals surface area contributed by atoms with Crippen LogP contribution < -0.4 is 21.4 Å². The summed E-state index contributed by atoms with van der Waals surface area (Å²) in [6.45, 7) is 0.437. The molecule has 1 unspecified atom stereocenters. The number of hydroxylamine groups is 1. The van der Waals surface area contributed by atoms with Crippen LogP contribution in [0.4, 0.5) is 4.79 Å². The topological polar surface area (TPSA) is 152 Å². The zero-order chi connectivity index (χ0) is 26.5. The first kappa shape index (κ1) is 27.4. The Balaban J connectivity index is 1.54. The minimum Gasteiger partial charge on any atom is -0.361 e. The minimum atomic E-state index is -0.889. The molecule has 3 rings (SSSR count). The molecule has 0 saturated carbocycles. The third-order valence-corrected chi connectivity index (χ3v) is 5.99. The van der Waals surface area contributed by atoms with Gasteiger partial charge in [-0.25, -0.2) is 10.3 Å². The highest BCUT2D eigenvalue weighted by Crippen LogP contribution is 2.19. The van der Waals surface area contributed by atoms with Crippen molar-refractivity contribution in [2.75, 3.05) is 6.54 Å². The lowest BCUT2D eigenvalue weighted by atomic mass is 10.0. The Hall–Kier alpha value is -4.18. The molecule has 0 spiro atoms. The maximum atomic E-state index is 13.0. The van der Waals surface area contributed by atoms with Crippen molar-refractivity contribution in [2.45, 2.75) is 51.0 Å². The molecule has 3 aromatic rings. The van der Waals surface area contributed by atoms with Crippen molar-refractivity contribution in [2.24, 2.45) is 0 Å². The van der Waals surface area contributed by atoms with Crippen molar-refractivity contribution in [3.05, 3.63) is 71.9 Å². The molecule has 10 heteroatoms. The van der Waals surface area contributed by atoms with Crippen molar-refractivity contribution in [3.63, 3.8) is 0 Å². The van der Waals surface area contributed by atoms with E-state index >= 15 is 0 Å². The number of H-pyrrole nitrogens is 1. The lowest BCUT2D eigenvalue weighted by Gasteiger charge is -2.18. The largest absolute Gasteiger partial charge is 0.361 e. The van der Waals surface area contributed by atoms with E-state index in [4.69, 9.17) is 5.21 Å². The number of fused-ring (bicyclic) bond motifs is 1. The van der Waals surface area contributed by atoms with Gasteiger partial charge in [0.15, 0.2) is 0 Å². The van der Waals surface area contributed by atoms with E-state index in [0.717, 1.165) is 42.1 Å². The van der Waals surface area contributed by atoms with Crippen LogP contribution in [0.3, 0.4) is 0 Å². The molecule has 2 aromatic carbocycles. The molecule has 0 aliphatic carbocycles. The normalized spacial score (nSPS) is 11.5. The van der Waals surface area contributed by atoms with E-state index in [1.165, 1.54) is 0 Å². The van der Waals surface area contributed by atoms with E-state index in [2.05, 4.69) is 20.9 Å². The SMILES string of the molecule is O=C(CCCCCCCNC(=O)C(Cc1c[nH]c2ccccc12)NC(=O)NC(=O)c1ccccc1)NO. The average Bonchev–Trinajstić information content (AvgIpc) is 3.32. The van der Waals surface area contributed by atoms with Crippen LogP contribution in [0.25, 0.3) is 10.9 Å². The number of para-hydroxylation sites is 1. The number of aromatic amines is 1. The Bertz CT molecular complexity index is 1190. The molecule has 5 amide bonds. The van der Waals surface area contributed by atoms with Crippen molar-refractivity contribution in [3.8, 4) is 0 Å². The lowest BCUT2D eigenvalue weighted by Crippen LogP contribution is -2.52. The van der Waals surface area contributed by atoms with Crippen LogP contribution in [-0.4, -0.2) is 46.5 Å². The molecule has 196 valence electrons. The number of hydrogen-bond acceptors (Lipinski definition) is 5. The van der Waals surface area contributed by atoms with E-state index in [1.54, 1.807) is 35.8 Å². The van der Waals surface area contributed by atoms with Gasteiger partial charge in [-0.2, -0.15) is 0 Å². The second-order valence-corrected chi connectivity index (χ2v) is 8.75. The van der Waals surface area contributed by atoms with Crippen molar-refractivity contribution >= 4 is 34.7 Å². The third-order valence-electron chi connectivity index (χ3n) is 5.99. The first-order chi connectivity index (χ1) is 18.0. The maximum absolute atomic E-state index is 13.0. The highest BCUT2D eigenvalue weighted by molar-refractivity contribution is 6.05. The zero-order valence-electron chi connectivity index (χ0n) is 20.6. The summed E-state index contributed by atoms with van der Waals surface area (Å²) in [6, 6.07) is 14.4. The van der Waals surface area contributed by atoms with Crippen molar-refractivity contribution in [1.82, 2.24) is 26.4 Å². The Kier molecular flexibility index (Phi) is 10.7. The van der Waals surface area contributed by atoms with Crippen LogP contribution in [0.5, 0.6) is 0 Å². The zero-order valence-corrected chi connectivity index (χ0v) is 20.6. The summed E-state index contributed by atoms with van der Waals surface area (Å²) in [7, 11) is 0. The number of aromatic nitrogens is 1. The molecule has 6 N–H and O–H groups in total. The monoisotopic (exact) mass is 507 g/mol. The van der Waals surface area contributed by atoms with Gasteiger partial charge >= 0.3 is 6.03 Å². The molecule has 0 aliphatic heterocycles. The quantitative estimate of drug-likeness (QED) is 0.119. The number of unbranched alkanes of at least 4 members (excludes halogenated alkanes) is 4. The molecular formula is C27H33N5O5. The van der Waals surface area contributed by atoms with Crippen LogP contribution in [0.2, 0.25) is 0 Å². The fourth-order valence-corrected chi connectivity index (χ4v) is 4.02. The predicted molar refractivity (Wildman–Crippen MR) is 139 cm³/mol. The molecule has 10 nitrogen and oxygen atoms in total. The maximum Gasteiger partial charge on any atom is 0.322 e. The standard InChI is InChI=1S/C27H33N5O5/c33-24(32-37)15-7-2-1-3-10-16-28-26(35)23(17-20-18-29-22-14-9-8-13-21(20)22)30-27(36)31-25(34)19-11-5-4-6-12-19/h4-6,8-9,11-14,18,23,29,37H,1-3,7,10,15-17H2,(H,28,35)(H,32,33)(H2,30,31,34,36). The molecule has 0 aliphatic rings. The summed E-state index contributed by atoms with van der Waals surface area (Å²) in [5.41, 5.74) is 3.76. The van der Waals surface area contributed by atoms with Crippen molar-refractivity contribution < 1.29 is 24.4 Å². The van der Waals surface area contributed by atoms with Gasteiger partial charge in [0, 0.05) is 42.0 Å². The predicted octanol–water partition coefficient (Wildman–Crippen LogP) is 3.18. The molecule has 1 atom stereocenters. The molecule has 0 saturated heterocycles. The molecule has 0 fully saturated rings. The third kappa shape index (κ3) is 8.76. The first-order valence-corrected chi connectivity index (χ1v) is 12.4. The molecule has 1 aromatic heterocycles. The summed E-state index contributed by atoms with van der Waals surface area (Å²) >= 11 is 0. The molecule has 37 heavy (non-hydrogen) atoms. The summed E-state index contributed by atoms with van der Waals surface area (Å²) in [4.78, 5) is 52.2. The highest BCUT2D eigenvalue weighted by Gasteiger charge is 2.23. The summed E-state index contributed by atoms with van der Waals surface area (Å²) in [5, 5.41) is 17.3. The summed E-state index contributed by atoms with van der Waals surface area (Å²) < 4.78 is 0. The molecule has 0 bridgehead atoms. The second-order valence-electron chi connectivity index (χ2n) is 8.75. The number of carbonyl (C=O) groups excluding carboxylic acids is 4. The number of nitrogens with one attached hydrogen (secondary N) is 5.